The molecule has 78 valence electrons. The summed E-state index contributed by atoms with van der Waals surface area (Å²) >= 11 is 0. The molecule has 0 aliphatic rings. The summed E-state index contributed by atoms with van der Waals surface area (Å²) in [6, 6.07) is 16.9. The minimum Gasteiger partial charge on any atom is -0.219 e. The van der Waals surface area contributed by atoms with Crippen LogP contribution in [-0.4, -0.2) is 46.2 Å². The number of hydrogen-bond donors (Lipinski definition) is 0. The number of rotatable bonds is 2. The van der Waals surface area contributed by atoms with E-state index in [9.17, 15) is 8.42 Å². The molecule has 0 fully saturated rings. The molecule has 0 saturated carbocycles. The van der Waals surface area contributed by atoms with Crippen molar-refractivity contribution >= 4 is 47.6 Å². The van der Waals surface area contributed by atoms with Crippen molar-refractivity contribution in [3.8, 4) is 0 Å². The molecule has 0 spiro atoms. The van der Waals surface area contributed by atoms with Crippen LogP contribution in [0.2, 0.25) is 0 Å². The summed E-state index contributed by atoms with van der Waals surface area (Å²) in [5.41, 5.74) is 0. The van der Waals surface area contributed by atoms with E-state index >= 15 is 0 Å². The Bertz CT molecular complexity index is 490. The first-order valence-electron chi connectivity index (χ1n) is 4.56. The summed E-state index contributed by atoms with van der Waals surface area (Å²) in [6.45, 7) is 0. The second-order valence-electron chi connectivity index (χ2n) is 3.13. The van der Waals surface area contributed by atoms with Crippen LogP contribution in [0.5, 0.6) is 0 Å². The van der Waals surface area contributed by atoms with Crippen molar-refractivity contribution < 1.29 is 8.42 Å². The van der Waals surface area contributed by atoms with E-state index in [4.69, 9.17) is 0 Å². The van der Waals surface area contributed by atoms with Gasteiger partial charge in [0, 0.05) is 37.7 Å². The van der Waals surface area contributed by atoms with Crippen LogP contribution in [-0.2, 0) is 9.84 Å². The van der Waals surface area contributed by atoms with E-state index in [-0.39, 0.29) is 37.7 Å². The van der Waals surface area contributed by atoms with E-state index in [0.29, 0.717) is 9.79 Å². The predicted molar refractivity (Wildman–Crippen MR) is 64.1 cm³/mol. The third kappa shape index (κ3) is 2.86. The zero-order valence-corrected chi connectivity index (χ0v) is 11.7. The van der Waals surface area contributed by atoms with Crippen molar-refractivity contribution in [2.24, 2.45) is 0 Å². The van der Waals surface area contributed by atoms with Crippen LogP contribution in [0.25, 0.3) is 0 Å². The first-order chi connectivity index (χ1) is 7.21. The number of benzene rings is 2. The predicted octanol–water partition coefficient (Wildman–Crippen LogP) is 2.14. The van der Waals surface area contributed by atoms with E-state index in [1.165, 1.54) is 0 Å². The SMILES string of the molecule is O=S(=O)(c1ccccc1)c1ccccc1.[Ca]. The molecule has 0 atom stereocenters. The van der Waals surface area contributed by atoms with Gasteiger partial charge in [0.25, 0.3) is 0 Å². The van der Waals surface area contributed by atoms with E-state index in [1.807, 2.05) is 0 Å². The van der Waals surface area contributed by atoms with Crippen molar-refractivity contribution in [3.63, 3.8) is 0 Å². The largest absolute Gasteiger partial charge is 0.219 e. The van der Waals surface area contributed by atoms with Crippen molar-refractivity contribution in [3.05, 3.63) is 60.7 Å². The summed E-state index contributed by atoms with van der Waals surface area (Å²) in [5.74, 6) is 0. The summed E-state index contributed by atoms with van der Waals surface area (Å²) in [4.78, 5) is 0.660. The quantitative estimate of drug-likeness (QED) is 0.773. The third-order valence-electron chi connectivity index (χ3n) is 2.11. The molecule has 0 heterocycles. The van der Waals surface area contributed by atoms with Gasteiger partial charge in [-0.3, -0.25) is 0 Å². The molecular formula is C12H10CaO2S. The van der Waals surface area contributed by atoms with Gasteiger partial charge in [-0.25, -0.2) is 8.42 Å². The number of hydrogen-bond acceptors (Lipinski definition) is 2. The van der Waals surface area contributed by atoms with Crippen LogP contribution in [0.15, 0.2) is 70.5 Å². The van der Waals surface area contributed by atoms with Gasteiger partial charge in [-0.05, 0) is 24.3 Å². The van der Waals surface area contributed by atoms with Crippen LogP contribution in [0.1, 0.15) is 0 Å². The van der Waals surface area contributed by atoms with Crippen LogP contribution >= 0.6 is 0 Å². The molecule has 0 N–H and O–H groups in total. The average molecular weight is 258 g/mol. The van der Waals surface area contributed by atoms with E-state index in [1.54, 1.807) is 60.7 Å². The Morgan fingerprint density at radius 2 is 0.938 bits per heavy atom. The summed E-state index contributed by atoms with van der Waals surface area (Å²) in [6.07, 6.45) is 0. The Labute approximate surface area is 125 Å². The Hall–Kier alpha value is -0.350. The van der Waals surface area contributed by atoms with E-state index in [2.05, 4.69) is 0 Å². The van der Waals surface area contributed by atoms with Crippen molar-refractivity contribution in [1.29, 1.82) is 0 Å². The first-order valence-corrected chi connectivity index (χ1v) is 6.05. The Balaban J connectivity index is 0.00000128. The van der Waals surface area contributed by atoms with Crippen molar-refractivity contribution in [2.45, 2.75) is 9.79 Å². The average Bonchev–Trinajstić information content (AvgIpc) is 2.31. The standard InChI is InChI=1S/C12H10O2S.Ca/c13-15(14,11-7-3-1-4-8-11)12-9-5-2-6-10-12;/h1-10H;. The maximum atomic E-state index is 12.0. The first kappa shape index (κ1) is 13.7. The molecule has 0 aliphatic carbocycles. The minimum absolute atomic E-state index is 0. The minimum atomic E-state index is -3.34. The van der Waals surface area contributed by atoms with Crippen molar-refractivity contribution in [1.82, 2.24) is 0 Å². The second kappa shape index (κ2) is 5.82. The molecule has 0 aliphatic heterocycles. The molecule has 0 bridgehead atoms. The van der Waals surface area contributed by atoms with Gasteiger partial charge in [-0.15, -0.1) is 0 Å². The topological polar surface area (TPSA) is 34.1 Å². The summed E-state index contributed by atoms with van der Waals surface area (Å²) in [5, 5.41) is 0. The van der Waals surface area contributed by atoms with Gasteiger partial charge in [-0.1, -0.05) is 36.4 Å². The van der Waals surface area contributed by atoms with Gasteiger partial charge in [-0.2, -0.15) is 0 Å². The van der Waals surface area contributed by atoms with Gasteiger partial charge in [0.05, 0.1) is 9.79 Å². The molecule has 0 amide bonds. The fourth-order valence-corrected chi connectivity index (χ4v) is 2.64. The smallest absolute Gasteiger partial charge is 0.206 e. The molecule has 2 nitrogen and oxygen atoms in total. The Morgan fingerprint density at radius 3 is 1.25 bits per heavy atom. The molecule has 2 radical (unpaired) electrons. The molecular weight excluding hydrogens is 248 g/mol. The molecule has 0 saturated heterocycles. The van der Waals surface area contributed by atoms with Gasteiger partial charge >= 0.3 is 0 Å². The summed E-state index contributed by atoms with van der Waals surface area (Å²) < 4.78 is 24.1. The molecule has 2 aromatic carbocycles. The fraction of sp³-hybridized carbons (Fsp3) is 0. The molecule has 2 rings (SSSR count). The maximum Gasteiger partial charge on any atom is 0.206 e. The Morgan fingerprint density at radius 1 is 0.625 bits per heavy atom. The van der Waals surface area contributed by atoms with Gasteiger partial charge < -0.3 is 0 Å². The van der Waals surface area contributed by atoms with E-state index in [0.717, 1.165) is 0 Å². The molecule has 16 heavy (non-hydrogen) atoms. The van der Waals surface area contributed by atoms with Crippen LogP contribution in [0.4, 0.5) is 0 Å². The van der Waals surface area contributed by atoms with Crippen LogP contribution < -0.4 is 0 Å². The van der Waals surface area contributed by atoms with E-state index < -0.39 is 9.84 Å². The number of sulfone groups is 1. The third-order valence-corrected chi connectivity index (χ3v) is 3.89. The molecule has 2 aromatic rings. The fourth-order valence-electron chi connectivity index (χ4n) is 1.34. The maximum absolute atomic E-state index is 12.0. The Kier molecular flexibility index (Phi) is 4.99. The van der Waals surface area contributed by atoms with Gasteiger partial charge in [0.2, 0.25) is 9.84 Å². The second-order valence-corrected chi connectivity index (χ2v) is 5.08. The van der Waals surface area contributed by atoms with Crippen LogP contribution in [0.3, 0.4) is 0 Å². The molecule has 0 aromatic heterocycles. The monoisotopic (exact) mass is 258 g/mol. The van der Waals surface area contributed by atoms with Gasteiger partial charge in [0.1, 0.15) is 0 Å². The normalized spacial score (nSPS) is 10.5. The summed E-state index contributed by atoms with van der Waals surface area (Å²) in [7, 11) is -3.34. The van der Waals surface area contributed by atoms with Crippen molar-refractivity contribution in [2.75, 3.05) is 0 Å². The zero-order chi connectivity index (χ0) is 10.7. The molecule has 0 unspecified atom stereocenters. The van der Waals surface area contributed by atoms with Crippen LogP contribution in [0, 0.1) is 0 Å². The molecule has 4 heteroatoms. The zero-order valence-electron chi connectivity index (χ0n) is 8.71. The van der Waals surface area contributed by atoms with Gasteiger partial charge in [0.15, 0.2) is 0 Å².